The van der Waals surface area contributed by atoms with E-state index < -0.39 is 0 Å². The van der Waals surface area contributed by atoms with Gasteiger partial charge in [0, 0.05) is 30.7 Å². The van der Waals surface area contributed by atoms with E-state index in [-0.39, 0.29) is 11.9 Å². The topological polar surface area (TPSA) is 72.1 Å². The predicted octanol–water partition coefficient (Wildman–Crippen LogP) is 2.69. The Labute approximate surface area is 136 Å². The Hall–Kier alpha value is -2.43. The monoisotopic (exact) mass is 310 g/mol. The van der Waals surface area contributed by atoms with Crippen LogP contribution in [0, 0.1) is 0 Å². The average Bonchev–Trinajstić information content (AvgIpc) is 2.61. The summed E-state index contributed by atoms with van der Waals surface area (Å²) in [6.07, 6.45) is 8.54. The van der Waals surface area contributed by atoms with Gasteiger partial charge in [0.15, 0.2) is 0 Å². The molecular weight excluding hydrogens is 288 g/mol. The van der Waals surface area contributed by atoms with Crippen molar-refractivity contribution in [3.8, 4) is 0 Å². The summed E-state index contributed by atoms with van der Waals surface area (Å²) in [5, 5.41) is 0. The van der Waals surface area contributed by atoms with Gasteiger partial charge in [-0.25, -0.2) is 4.98 Å². The Morgan fingerprint density at radius 3 is 2.87 bits per heavy atom. The SMILES string of the molecule is Nc1ccc(C(=O)N2CCCC[C@@H]2CCc2ccccn2)cn1. The number of carbonyl (C=O) groups excluding carboxylic acids is 1. The lowest BCUT2D eigenvalue weighted by Gasteiger charge is -2.36. The van der Waals surface area contributed by atoms with Gasteiger partial charge in [0.1, 0.15) is 5.82 Å². The van der Waals surface area contributed by atoms with Crippen LogP contribution in [0.3, 0.4) is 0 Å². The molecule has 0 unspecified atom stereocenters. The smallest absolute Gasteiger partial charge is 0.255 e. The number of rotatable bonds is 4. The molecule has 2 N–H and O–H groups in total. The normalized spacial score (nSPS) is 17.9. The van der Waals surface area contributed by atoms with Crippen molar-refractivity contribution in [2.75, 3.05) is 12.3 Å². The van der Waals surface area contributed by atoms with Crippen molar-refractivity contribution in [3.63, 3.8) is 0 Å². The molecule has 1 aliphatic heterocycles. The molecule has 1 fully saturated rings. The van der Waals surface area contributed by atoms with E-state index in [1.54, 1.807) is 18.3 Å². The molecule has 23 heavy (non-hydrogen) atoms. The summed E-state index contributed by atoms with van der Waals surface area (Å²) in [4.78, 5) is 23.2. The number of piperidine rings is 1. The number of anilines is 1. The molecule has 3 rings (SSSR count). The number of nitrogens with two attached hydrogens (primary N) is 1. The summed E-state index contributed by atoms with van der Waals surface area (Å²) < 4.78 is 0. The first-order valence-electron chi connectivity index (χ1n) is 8.16. The Morgan fingerprint density at radius 1 is 1.22 bits per heavy atom. The minimum Gasteiger partial charge on any atom is -0.384 e. The zero-order valence-corrected chi connectivity index (χ0v) is 13.2. The minimum atomic E-state index is 0.0585. The van der Waals surface area contributed by atoms with E-state index in [4.69, 9.17) is 5.73 Å². The predicted molar refractivity (Wildman–Crippen MR) is 89.9 cm³/mol. The van der Waals surface area contributed by atoms with Crippen molar-refractivity contribution < 1.29 is 4.79 Å². The number of hydrogen-bond donors (Lipinski definition) is 1. The van der Waals surface area contributed by atoms with Crippen molar-refractivity contribution in [2.45, 2.75) is 38.1 Å². The maximum atomic E-state index is 12.8. The molecule has 120 valence electrons. The number of amides is 1. The van der Waals surface area contributed by atoms with Gasteiger partial charge in [0.05, 0.1) is 5.56 Å². The maximum Gasteiger partial charge on any atom is 0.255 e. The first-order chi connectivity index (χ1) is 11.2. The van der Waals surface area contributed by atoms with Crippen molar-refractivity contribution in [1.29, 1.82) is 0 Å². The van der Waals surface area contributed by atoms with Crippen LogP contribution in [0.5, 0.6) is 0 Å². The zero-order chi connectivity index (χ0) is 16.1. The summed E-state index contributed by atoms with van der Waals surface area (Å²) >= 11 is 0. The number of aromatic nitrogens is 2. The van der Waals surface area contributed by atoms with Gasteiger partial charge in [0.25, 0.3) is 5.91 Å². The second-order valence-corrected chi connectivity index (χ2v) is 5.98. The molecule has 1 atom stereocenters. The molecule has 1 aliphatic rings. The number of nitrogens with zero attached hydrogens (tertiary/aromatic N) is 3. The van der Waals surface area contributed by atoms with Gasteiger partial charge in [-0.15, -0.1) is 0 Å². The second-order valence-electron chi connectivity index (χ2n) is 5.98. The molecule has 0 bridgehead atoms. The van der Waals surface area contributed by atoms with Crippen LogP contribution in [0.1, 0.15) is 41.7 Å². The standard InChI is InChI=1S/C18H22N4O/c19-17-10-7-14(13-21-17)18(23)22-12-4-2-6-16(22)9-8-15-5-1-3-11-20-15/h1,3,5,7,10-11,13,16H,2,4,6,8-9,12H2,(H2,19,21)/t16-/m1/s1. The first kappa shape index (κ1) is 15.5. The third kappa shape index (κ3) is 3.86. The van der Waals surface area contributed by atoms with Gasteiger partial charge in [-0.2, -0.15) is 0 Å². The highest BCUT2D eigenvalue weighted by Gasteiger charge is 2.27. The number of hydrogen-bond acceptors (Lipinski definition) is 4. The third-order valence-electron chi connectivity index (χ3n) is 4.38. The highest BCUT2D eigenvalue weighted by atomic mass is 16.2. The van der Waals surface area contributed by atoms with Crippen LogP contribution >= 0.6 is 0 Å². The Morgan fingerprint density at radius 2 is 2.13 bits per heavy atom. The van der Waals surface area contributed by atoms with E-state index in [1.807, 2.05) is 29.3 Å². The fourth-order valence-electron chi connectivity index (χ4n) is 3.13. The second kappa shape index (κ2) is 7.22. The van der Waals surface area contributed by atoms with E-state index >= 15 is 0 Å². The summed E-state index contributed by atoms with van der Waals surface area (Å²) in [6.45, 7) is 0.816. The highest BCUT2D eigenvalue weighted by Crippen LogP contribution is 2.23. The van der Waals surface area contributed by atoms with Crippen LogP contribution < -0.4 is 5.73 Å². The highest BCUT2D eigenvalue weighted by molar-refractivity contribution is 5.94. The molecule has 1 saturated heterocycles. The molecule has 2 aromatic rings. The molecule has 0 aromatic carbocycles. The summed E-state index contributed by atoms with van der Waals surface area (Å²) in [6, 6.07) is 9.68. The van der Waals surface area contributed by atoms with Crippen molar-refractivity contribution in [3.05, 3.63) is 54.0 Å². The number of carbonyl (C=O) groups is 1. The van der Waals surface area contributed by atoms with Crippen LogP contribution in [-0.4, -0.2) is 33.4 Å². The van der Waals surface area contributed by atoms with Gasteiger partial charge >= 0.3 is 0 Å². The maximum absolute atomic E-state index is 12.8. The van der Waals surface area contributed by atoms with Crippen LogP contribution in [-0.2, 0) is 6.42 Å². The number of likely N-dealkylation sites (tertiary alicyclic amines) is 1. The summed E-state index contributed by atoms with van der Waals surface area (Å²) in [5.41, 5.74) is 7.30. The lowest BCUT2D eigenvalue weighted by atomic mass is 9.96. The number of pyridine rings is 2. The van der Waals surface area contributed by atoms with Gasteiger partial charge < -0.3 is 10.6 Å². The molecular formula is C18H22N4O. The average molecular weight is 310 g/mol. The fraction of sp³-hybridized carbons (Fsp3) is 0.389. The molecule has 1 amide bonds. The van der Waals surface area contributed by atoms with Crippen molar-refractivity contribution >= 4 is 11.7 Å². The molecule has 0 aliphatic carbocycles. The van der Waals surface area contributed by atoms with Crippen molar-refractivity contribution in [1.82, 2.24) is 14.9 Å². The van der Waals surface area contributed by atoms with Gasteiger partial charge in [-0.1, -0.05) is 6.07 Å². The van der Waals surface area contributed by atoms with E-state index in [1.165, 1.54) is 6.42 Å². The minimum absolute atomic E-state index is 0.0585. The summed E-state index contributed by atoms with van der Waals surface area (Å²) in [7, 11) is 0. The van der Waals surface area contributed by atoms with E-state index in [0.29, 0.717) is 11.4 Å². The Balaban J connectivity index is 1.68. The molecule has 0 spiro atoms. The molecule has 5 nitrogen and oxygen atoms in total. The quantitative estimate of drug-likeness (QED) is 0.942. The summed E-state index contributed by atoms with van der Waals surface area (Å²) in [5.74, 6) is 0.495. The van der Waals surface area contributed by atoms with Gasteiger partial charge in [-0.3, -0.25) is 9.78 Å². The lowest BCUT2D eigenvalue weighted by Crippen LogP contribution is -2.44. The zero-order valence-electron chi connectivity index (χ0n) is 13.2. The van der Waals surface area contributed by atoms with E-state index in [9.17, 15) is 4.79 Å². The molecule has 0 saturated carbocycles. The van der Waals surface area contributed by atoms with Gasteiger partial charge in [0.2, 0.25) is 0 Å². The third-order valence-corrected chi connectivity index (χ3v) is 4.38. The first-order valence-corrected chi connectivity index (χ1v) is 8.16. The van der Waals surface area contributed by atoms with E-state index in [2.05, 4.69) is 9.97 Å². The Kier molecular flexibility index (Phi) is 4.86. The molecule has 2 aromatic heterocycles. The number of aryl methyl sites for hydroxylation is 1. The fourth-order valence-corrected chi connectivity index (χ4v) is 3.13. The number of nitrogen functional groups attached to an aromatic ring is 1. The van der Waals surface area contributed by atoms with Gasteiger partial charge in [-0.05, 0) is 56.4 Å². The molecule has 3 heterocycles. The van der Waals surface area contributed by atoms with Crippen LogP contribution in [0.2, 0.25) is 0 Å². The lowest BCUT2D eigenvalue weighted by molar-refractivity contribution is 0.0601. The Bertz CT molecular complexity index is 642. The van der Waals surface area contributed by atoms with Crippen LogP contribution in [0.15, 0.2) is 42.7 Å². The van der Waals surface area contributed by atoms with E-state index in [0.717, 1.165) is 37.9 Å². The van der Waals surface area contributed by atoms with Crippen molar-refractivity contribution in [2.24, 2.45) is 0 Å². The van der Waals surface area contributed by atoms with Crippen LogP contribution in [0.4, 0.5) is 5.82 Å². The largest absolute Gasteiger partial charge is 0.384 e. The van der Waals surface area contributed by atoms with Crippen LogP contribution in [0.25, 0.3) is 0 Å². The molecule has 0 radical (unpaired) electrons. The molecule has 5 heteroatoms.